The van der Waals surface area contributed by atoms with E-state index in [-0.39, 0.29) is 11.7 Å². The highest BCUT2D eigenvalue weighted by atomic mass is 16.6. The van der Waals surface area contributed by atoms with Crippen molar-refractivity contribution in [1.29, 1.82) is 0 Å². The number of non-ortho nitro benzene ring substituents is 1. The van der Waals surface area contributed by atoms with Crippen molar-refractivity contribution in [3.05, 3.63) is 57.9 Å². The van der Waals surface area contributed by atoms with E-state index in [2.05, 4.69) is 10.4 Å². The van der Waals surface area contributed by atoms with Crippen molar-refractivity contribution in [2.24, 2.45) is 7.05 Å². The van der Waals surface area contributed by atoms with Gasteiger partial charge in [0.15, 0.2) is 0 Å². The Hall–Kier alpha value is -2.25. The summed E-state index contributed by atoms with van der Waals surface area (Å²) in [4.78, 5) is 10.2. The first kappa shape index (κ1) is 16.1. The van der Waals surface area contributed by atoms with Gasteiger partial charge in [0.25, 0.3) is 5.69 Å². The number of nitrogens with zero attached hydrogens (tertiary/aromatic N) is 3. The minimum atomic E-state index is -1.04. The normalized spacial score (nSPS) is 15.3. The van der Waals surface area contributed by atoms with Crippen molar-refractivity contribution in [1.82, 2.24) is 15.1 Å². The Kier molecular flexibility index (Phi) is 4.58. The minimum Gasteiger partial charge on any atom is -0.384 e. The Bertz CT molecular complexity index is 649. The molecule has 0 fully saturated rings. The molecule has 0 spiro atoms. The third-order valence-electron chi connectivity index (χ3n) is 3.68. The number of aliphatic hydroxyl groups is 1. The summed E-state index contributed by atoms with van der Waals surface area (Å²) in [7, 11) is 1.80. The number of aryl methyl sites for hydroxylation is 1. The van der Waals surface area contributed by atoms with Crippen molar-refractivity contribution in [2.75, 3.05) is 6.54 Å². The smallest absolute Gasteiger partial charge is 0.269 e. The van der Waals surface area contributed by atoms with Crippen LogP contribution in [0.25, 0.3) is 0 Å². The standard InChI is InChI=1S/C15H20N4O3/c1-11(12-4-6-14(7-5-12)19(21)22)16-10-15(2,20)13-8-17-18(3)9-13/h4-9,11,16,20H,10H2,1-3H3. The molecular weight excluding hydrogens is 284 g/mol. The zero-order valence-electron chi connectivity index (χ0n) is 12.9. The molecule has 1 heterocycles. The predicted octanol–water partition coefficient (Wildman–Crippen LogP) is 1.89. The molecule has 0 aliphatic carbocycles. The molecule has 2 N–H and O–H groups in total. The van der Waals surface area contributed by atoms with E-state index in [0.29, 0.717) is 6.54 Å². The summed E-state index contributed by atoms with van der Waals surface area (Å²) in [6, 6.07) is 6.35. The third kappa shape index (κ3) is 3.69. The molecule has 0 aliphatic rings. The van der Waals surface area contributed by atoms with Crippen LogP contribution < -0.4 is 5.32 Å². The molecule has 2 rings (SSSR count). The van der Waals surface area contributed by atoms with Crippen LogP contribution >= 0.6 is 0 Å². The topological polar surface area (TPSA) is 93.2 Å². The fourth-order valence-electron chi connectivity index (χ4n) is 2.16. The van der Waals surface area contributed by atoms with Gasteiger partial charge < -0.3 is 10.4 Å². The molecular formula is C15H20N4O3. The zero-order valence-corrected chi connectivity index (χ0v) is 12.9. The highest BCUT2D eigenvalue weighted by Gasteiger charge is 2.25. The zero-order chi connectivity index (χ0) is 16.3. The van der Waals surface area contributed by atoms with Gasteiger partial charge in [-0.2, -0.15) is 5.10 Å². The Morgan fingerprint density at radius 1 is 1.45 bits per heavy atom. The van der Waals surface area contributed by atoms with Gasteiger partial charge in [0.1, 0.15) is 5.60 Å². The maximum Gasteiger partial charge on any atom is 0.269 e. The van der Waals surface area contributed by atoms with Gasteiger partial charge in [-0.15, -0.1) is 0 Å². The second-order valence-corrected chi connectivity index (χ2v) is 5.63. The van der Waals surface area contributed by atoms with Crippen LogP contribution in [0, 0.1) is 10.1 Å². The van der Waals surface area contributed by atoms with E-state index in [1.165, 1.54) is 12.1 Å². The van der Waals surface area contributed by atoms with Crippen molar-refractivity contribution in [2.45, 2.75) is 25.5 Å². The fourth-order valence-corrected chi connectivity index (χ4v) is 2.16. The molecule has 0 aliphatic heterocycles. The Morgan fingerprint density at radius 3 is 2.59 bits per heavy atom. The number of rotatable bonds is 6. The first-order chi connectivity index (χ1) is 10.3. The number of hydrogen-bond acceptors (Lipinski definition) is 5. The van der Waals surface area contributed by atoms with Gasteiger partial charge in [-0.05, 0) is 19.4 Å². The molecule has 0 saturated heterocycles. The van der Waals surface area contributed by atoms with Crippen LogP contribution in [0.4, 0.5) is 5.69 Å². The van der Waals surface area contributed by atoms with Crippen LogP contribution in [0.15, 0.2) is 36.7 Å². The number of aromatic nitrogens is 2. The van der Waals surface area contributed by atoms with Crippen LogP contribution in [-0.2, 0) is 12.6 Å². The van der Waals surface area contributed by atoms with Crippen LogP contribution in [0.5, 0.6) is 0 Å². The molecule has 7 heteroatoms. The van der Waals surface area contributed by atoms with Gasteiger partial charge in [-0.1, -0.05) is 12.1 Å². The second kappa shape index (κ2) is 6.25. The molecule has 0 radical (unpaired) electrons. The van der Waals surface area contributed by atoms with Crippen LogP contribution in [0.3, 0.4) is 0 Å². The van der Waals surface area contributed by atoms with E-state index in [1.54, 1.807) is 43.2 Å². The average molecular weight is 304 g/mol. The van der Waals surface area contributed by atoms with Crippen LogP contribution in [0.2, 0.25) is 0 Å². The third-order valence-corrected chi connectivity index (χ3v) is 3.68. The van der Waals surface area contributed by atoms with Crippen molar-refractivity contribution in [3.8, 4) is 0 Å². The van der Waals surface area contributed by atoms with Crippen molar-refractivity contribution < 1.29 is 10.0 Å². The van der Waals surface area contributed by atoms with Gasteiger partial charge in [-0.25, -0.2) is 0 Å². The van der Waals surface area contributed by atoms with Gasteiger partial charge >= 0.3 is 0 Å². The quantitative estimate of drug-likeness (QED) is 0.628. The summed E-state index contributed by atoms with van der Waals surface area (Å²) in [5, 5.41) is 28.5. The Labute approximate surface area is 128 Å². The lowest BCUT2D eigenvalue weighted by Gasteiger charge is -2.25. The Morgan fingerprint density at radius 2 is 2.09 bits per heavy atom. The summed E-state index contributed by atoms with van der Waals surface area (Å²) >= 11 is 0. The average Bonchev–Trinajstić information content (AvgIpc) is 2.92. The molecule has 7 nitrogen and oxygen atoms in total. The molecule has 0 amide bonds. The van der Waals surface area contributed by atoms with E-state index >= 15 is 0 Å². The van der Waals surface area contributed by atoms with Crippen LogP contribution in [-0.4, -0.2) is 26.4 Å². The molecule has 0 bridgehead atoms. The molecule has 2 aromatic rings. The van der Waals surface area contributed by atoms with Crippen molar-refractivity contribution >= 4 is 5.69 Å². The van der Waals surface area contributed by atoms with Crippen LogP contribution in [0.1, 0.15) is 31.0 Å². The summed E-state index contributed by atoms with van der Waals surface area (Å²) in [5.41, 5.74) is 0.688. The largest absolute Gasteiger partial charge is 0.384 e. The molecule has 2 unspecified atom stereocenters. The van der Waals surface area contributed by atoms with E-state index in [9.17, 15) is 15.2 Å². The fraction of sp³-hybridized carbons (Fsp3) is 0.400. The highest BCUT2D eigenvalue weighted by molar-refractivity contribution is 5.34. The Balaban J connectivity index is 1.99. The molecule has 1 aromatic heterocycles. The van der Waals surface area contributed by atoms with E-state index in [4.69, 9.17) is 0 Å². The van der Waals surface area contributed by atoms with Gasteiger partial charge in [-0.3, -0.25) is 14.8 Å². The number of nitrogens with one attached hydrogen (secondary N) is 1. The lowest BCUT2D eigenvalue weighted by atomic mass is 9.98. The lowest BCUT2D eigenvalue weighted by Crippen LogP contribution is -2.36. The summed E-state index contributed by atoms with van der Waals surface area (Å²) in [5.74, 6) is 0. The van der Waals surface area contributed by atoms with E-state index < -0.39 is 10.5 Å². The first-order valence-electron chi connectivity index (χ1n) is 6.99. The number of hydrogen-bond donors (Lipinski definition) is 2. The monoisotopic (exact) mass is 304 g/mol. The predicted molar refractivity (Wildman–Crippen MR) is 82.3 cm³/mol. The molecule has 2 atom stereocenters. The summed E-state index contributed by atoms with van der Waals surface area (Å²) in [6.07, 6.45) is 3.41. The van der Waals surface area contributed by atoms with Gasteiger partial charge in [0, 0.05) is 43.5 Å². The number of nitro groups is 1. The minimum absolute atomic E-state index is 0.0380. The lowest BCUT2D eigenvalue weighted by molar-refractivity contribution is -0.384. The maximum atomic E-state index is 10.6. The molecule has 0 saturated carbocycles. The van der Waals surface area contributed by atoms with Crippen molar-refractivity contribution in [3.63, 3.8) is 0 Å². The number of benzene rings is 1. The summed E-state index contributed by atoms with van der Waals surface area (Å²) < 4.78 is 1.64. The molecule has 118 valence electrons. The highest BCUT2D eigenvalue weighted by Crippen LogP contribution is 2.22. The number of nitro benzene ring substituents is 1. The summed E-state index contributed by atoms with van der Waals surface area (Å²) in [6.45, 7) is 4.01. The van der Waals surface area contributed by atoms with E-state index in [1.807, 2.05) is 6.92 Å². The molecule has 22 heavy (non-hydrogen) atoms. The maximum absolute atomic E-state index is 10.6. The van der Waals surface area contributed by atoms with Gasteiger partial charge in [0.05, 0.1) is 11.1 Å². The van der Waals surface area contributed by atoms with E-state index in [0.717, 1.165) is 11.1 Å². The second-order valence-electron chi connectivity index (χ2n) is 5.63. The van der Waals surface area contributed by atoms with Gasteiger partial charge in [0.2, 0.25) is 0 Å². The molecule has 1 aromatic carbocycles. The SMILES string of the molecule is CC(NCC(C)(O)c1cnn(C)c1)c1ccc([N+](=O)[O-])cc1. The first-order valence-corrected chi connectivity index (χ1v) is 6.99.